The molecule has 0 bridgehead atoms. The molecule has 2 saturated heterocycles. The smallest absolute Gasteiger partial charge is 0.330 e. The van der Waals surface area contributed by atoms with Crippen molar-refractivity contribution < 1.29 is 28.5 Å². The van der Waals surface area contributed by atoms with Gasteiger partial charge in [-0.25, -0.2) is 15.6 Å². The maximum Gasteiger partial charge on any atom is 0.418 e. The van der Waals surface area contributed by atoms with Gasteiger partial charge in [0.25, 0.3) is 0 Å². The summed E-state index contributed by atoms with van der Waals surface area (Å²) in [6.45, 7) is 6.33. The Labute approximate surface area is 243 Å². The maximum atomic E-state index is 14.3. The first-order valence-electron chi connectivity index (χ1n) is 15.2. The van der Waals surface area contributed by atoms with Crippen LogP contribution < -0.4 is 16.5 Å². The van der Waals surface area contributed by atoms with Gasteiger partial charge < -0.3 is 15.3 Å². The molecule has 4 atom stereocenters. The molecule has 0 aromatic carbocycles. The van der Waals surface area contributed by atoms with E-state index in [0.717, 1.165) is 51.6 Å². The topological polar surface area (TPSA) is 118 Å². The van der Waals surface area contributed by atoms with Crippen molar-refractivity contribution in [2.24, 2.45) is 23.2 Å². The van der Waals surface area contributed by atoms with Gasteiger partial charge in [-0.1, -0.05) is 20.3 Å². The van der Waals surface area contributed by atoms with Gasteiger partial charge in [-0.3, -0.25) is 13.9 Å². The van der Waals surface area contributed by atoms with Crippen molar-refractivity contribution in [3.63, 3.8) is 0 Å². The van der Waals surface area contributed by atoms with Gasteiger partial charge in [0, 0.05) is 36.9 Å². The number of aliphatic hydroxyl groups is 3. The zero-order valence-electron chi connectivity index (χ0n) is 24.3. The summed E-state index contributed by atoms with van der Waals surface area (Å²) in [7, 11) is 0. The van der Waals surface area contributed by atoms with E-state index < -0.39 is 35.1 Å². The van der Waals surface area contributed by atoms with Gasteiger partial charge in [-0.15, -0.1) is 0 Å². The van der Waals surface area contributed by atoms with E-state index in [0.29, 0.717) is 36.8 Å². The zero-order valence-corrected chi connectivity index (χ0v) is 24.3. The molecular formula is C29H43F3N6O4. The van der Waals surface area contributed by atoms with Gasteiger partial charge in [-0.2, -0.15) is 18.1 Å². The van der Waals surface area contributed by atoms with Gasteiger partial charge in [0.1, 0.15) is 0 Å². The first kappa shape index (κ1) is 30.0. The van der Waals surface area contributed by atoms with E-state index in [1.54, 1.807) is 6.20 Å². The van der Waals surface area contributed by atoms with Crippen LogP contribution in [0.4, 0.5) is 13.2 Å². The maximum absolute atomic E-state index is 14.3. The quantitative estimate of drug-likeness (QED) is 0.324. The predicted molar refractivity (Wildman–Crippen MR) is 148 cm³/mol. The zero-order chi connectivity index (χ0) is 30.0. The van der Waals surface area contributed by atoms with Crippen LogP contribution in [-0.2, 0) is 12.7 Å². The standard InChI is InChI=1S/C29H43F3N6O4/c1-18-5-4-8-35(13-18)14-20-9-23(28(30,31)32)24-16-36(26(39)37(24)15-20)22-7-3-6-21(10-22)27(11-19(2)12-27)25-34-33-17-38(25)29(40,41)42/h9,15-16,18-19,21-22,25,33-34,40-42H,3-8,10-14,17H2,1-2H3/t18-,19?,21?,22?,25?,27?/m0/s1. The highest BCUT2D eigenvalue weighted by molar-refractivity contribution is 5.56. The molecule has 3 unspecified atom stereocenters. The van der Waals surface area contributed by atoms with Crippen molar-refractivity contribution in [3.8, 4) is 0 Å². The number of pyridine rings is 1. The largest absolute Gasteiger partial charge is 0.418 e. The summed E-state index contributed by atoms with van der Waals surface area (Å²) < 4.78 is 45.6. The molecule has 10 nitrogen and oxygen atoms in total. The number of nitrogens with zero attached hydrogens (tertiary/aromatic N) is 4. The van der Waals surface area contributed by atoms with Crippen molar-refractivity contribution in [3.05, 3.63) is 40.1 Å². The van der Waals surface area contributed by atoms with E-state index in [2.05, 4.69) is 29.6 Å². The highest BCUT2D eigenvalue weighted by Crippen LogP contribution is 2.59. The van der Waals surface area contributed by atoms with Crippen molar-refractivity contribution >= 4 is 5.52 Å². The summed E-state index contributed by atoms with van der Waals surface area (Å²) >= 11 is 0. The molecule has 4 fully saturated rings. The second-order valence-corrected chi connectivity index (χ2v) is 13.5. The van der Waals surface area contributed by atoms with Crippen LogP contribution in [0.15, 0.2) is 23.3 Å². The lowest BCUT2D eigenvalue weighted by Gasteiger charge is -2.58. The first-order valence-corrected chi connectivity index (χ1v) is 15.2. The summed E-state index contributed by atoms with van der Waals surface area (Å²) in [5.41, 5.74) is 4.72. The molecule has 0 radical (unpaired) electrons. The van der Waals surface area contributed by atoms with Crippen molar-refractivity contribution in [2.75, 3.05) is 19.8 Å². The first-order chi connectivity index (χ1) is 19.8. The van der Waals surface area contributed by atoms with Crippen molar-refractivity contribution in [1.82, 2.24) is 29.6 Å². The Morgan fingerprint density at radius 2 is 1.81 bits per heavy atom. The van der Waals surface area contributed by atoms with Crippen molar-refractivity contribution in [2.45, 2.75) is 96.2 Å². The van der Waals surface area contributed by atoms with E-state index in [9.17, 15) is 33.3 Å². The molecule has 234 valence electrons. The minimum absolute atomic E-state index is 0.0314. The predicted octanol–water partition coefficient (Wildman–Crippen LogP) is 2.78. The van der Waals surface area contributed by atoms with E-state index in [1.165, 1.54) is 26.1 Å². The van der Waals surface area contributed by atoms with Crippen LogP contribution in [-0.4, -0.2) is 66.1 Å². The average Bonchev–Trinajstić information content (AvgIpc) is 3.52. The molecule has 13 heteroatoms. The number of aromatic nitrogens is 2. The SMILES string of the molecule is CC1CC(C2CCCC(n3cc4c(C(F)(F)F)cc(CN5CCC[C@H](C)C5)cn4c3=O)C2)(C2NNCN2C(O)(O)O)C1. The number of hydrogen-bond donors (Lipinski definition) is 5. The van der Waals surface area contributed by atoms with Crippen LogP contribution in [0.25, 0.3) is 5.52 Å². The number of likely N-dealkylation sites (tertiary alicyclic amines) is 1. The van der Waals surface area contributed by atoms with Gasteiger partial charge in [-0.05, 0) is 80.9 Å². The monoisotopic (exact) mass is 596 g/mol. The second kappa shape index (κ2) is 10.9. The average molecular weight is 597 g/mol. The third kappa shape index (κ3) is 5.42. The Kier molecular flexibility index (Phi) is 7.77. The molecule has 0 amide bonds. The van der Waals surface area contributed by atoms with Gasteiger partial charge in [0.15, 0.2) is 0 Å². The fourth-order valence-electron chi connectivity index (χ4n) is 8.61. The number of halogens is 3. The lowest BCUT2D eigenvalue weighted by Crippen LogP contribution is -2.65. The van der Waals surface area contributed by atoms with Gasteiger partial charge in [0.05, 0.1) is 23.9 Å². The Morgan fingerprint density at radius 1 is 1.05 bits per heavy atom. The third-order valence-electron chi connectivity index (χ3n) is 10.3. The molecule has 4 aliphatic rings. The van der Waals surface area contributed by atoms with Crippen LogP contribution in [0, 0.1) is 23.2 Å². The van der Waals surface area contributed by atoms with E-state index in [4.69, 9.17) is 0 Å². The molecule has 6 rings (SSSR count). The lowest BCUT2D eigenvalue weighted by atomic mass is 9.51. The fourth-order valence-corrected chi connectivity index (χ4v) is 8.61. The molecular weight excluding hydrogens is 553 g/mol. The number of fused-ring (bicyclic) bond motifs is 1. The minimum Gasteiger partial charge on any atom is -0.330 e. The van der Waals surface area contributed by atoms with Crippen LogP contribution in [0.3, 0.4) is 0 Å². The minimum atomic E-state index is -4.60. The van der Waals surface area contributed by atoms with Gasteiger partial charge in [0.2, 0.25) is 0 Å². The number of nitrogens with one attached hydrogen (secondary N) is 2. The van der Waals surface area contributed by atoms with E-state index in [1.807, 2.05) is 0 Å². The van der Waals surface area contributed by atoms with Gasteiger partial charge >= 0.3 is 18.0 Å². The lowest BCUT2D eigenvalue weighted by molar-refractivity contribution is -0.405. The molecule has 2 aromatic rings. The highest BCUT2D eigenvalue weighted by Gasteiger charge is 2.59. The highest BCUT2D eigenvalue weighted by atomic mass is 19.4. The number of rotatable bonds is 6. The van der Waals surface area contributed by atoms with Crippen LogP contribution >= 0.6 is 0 Å². The van der Waals surface area contributed by atoms with E-state index >= 15 is 0 Å². The molecule has 0 spiro atoms. The summed E-state index contributed by atoms with van der Waals surface area (Å²) in [5.74, 6) is 0.944. The Bertz CT molecular complexity index is 1350. The molecule has 4 heterocycles. The summed E-state index contributed by atoms with van der Waals surface area (Å²) in [4.78, 5) is 17.1. The van der Waals surface area contributed by atoms with E-state index in [-0.39, 0.29) is 24.1 Å². The molecule has 2 aliphatic heterocycles. The second-order valence-electron chi connectivity index (χ2n) is 13.5. The Morgan fingerprint density at radius 3 is 2.48 bits per heavy atom. The normalized spacial score (nSPS) is 33.8. The Hall–Kier alpha value is -2.00. The molecule has 5 N–H and O–H groups in total. The van der Waals surface area contributed by atoms with Crippen LogP contribution in [0.5, 0.6) is 0 Å². The fraction of sp³-hybridized carbons (Fsp3) is 0.759. The number of hydrogen-bond acceptors (Lipinski definition) is 8. The summed E-state index contributed by atoms with van der Waals surface area (Å²) in [6.07, 6.45) is 1.37. The molecule has 2 saturated carbocycles. The van der Waals surface area contributed by atoms with Crippen molar-refractivity contribution in [1.29, 1.82) is 0 Å². The number of hydrazine groups is 1. The number of piperidine rings is 1. The van der Waals surface area contributed by atoms with Crippen LogP contribution in [0.2, 0.25) is 0 Å². The molecule has 2 aliphatic carbocycles. The number of alkyl halides is 3. The number of imidazole rings is 1. The summed E-state index contributed by atoms with van der Waals surface area (Å²) in [6, 6.07) is 0.909. The molecule has 2 aromatic heterocycles. The third-order valence-corrected chi connectivity index (χ3v) is 10.3. The van der Waals surface area contributed by atoms with Crippen LogP contribution in [0.1, 0.15) is 82.4 Å². The summed E-state index contributed by atoms with van der Waals surface area (Å²) in [5, 5.41) is 30.1. The molecule has 42 heavy (non-hydrogen) atoms. The Balaban J connectivity index is 1.32.